The number of hydrogen-bond donors (Lipinski definition) is 0. The summed E-state index contributed by atoms with van der Waals surface area (Å²) in [7, 11) is 0. The second kappa shape index (κ2) is 11.8. The van der Waals surface area contributed by atoms with E-state index in [-0.39, 0.29) is 18.1 Å². The van der Waals surface area contributed by atoms with Crippen LogP contribution in [0.3, 0.4) is 0 Å². The molecule has 37 heavy (non-hydrogen) atoms. The number of ether oxygens (including phenoxy) is 2. The van der Waals surface area contributed by atoms with Crippen LogP contribution in [0.1, 0.15) is 49.2 Å². The highest BCUT2D eigenvalue weighted by Crippen LogP contribution is 2.26. The lowest BCUT2D eigenvalue weighted by molar-refractivity contribution is -0.152. The Morgan fingerprint density at radius 1 is 0.865 bits per heavy atom. The maximum absolute atomic E-state index is 14.4. The summed E-state index contributed by atoms with van der Waals surface area (Å²) < 4.78 is 40.0. The summed E-state index contributed by atoms with van der Waals surface area (Å²) in [5.74, 6) is -3.41. The van der Waals surface area contributed by atoms with Gasteiger partial charge in [-0.15, -0.1) is 0 Å². The third kappa shape index (κ3) is 7.96. The van der Waals surface area contributed by atoms with Crippen molar-refractivity contribution in [1.29, 1.82) is 0 Å². The lowest BCUT2D eigenvalue weighted by Gasteiger charge is -2.26. The second-order valence-electron chi connectivity index (χ2n) is 9.56. The van der Waals surface area contributed by atoms with Gasteiger partial charge in [-0.05, 0) is 63.1 Å². The van der Waals surface area contributed by atoms with Crippen molar-refractivity contribution in [3.63, 3.8) is 0 Å². The van der Waals surface area contributed by atoms with Crippen LogP contribution in [0, 0.1) is 11.6 Å². The zero-order valence-electron chi connectivity index (χ0n) is 21.2. The third-order valence-corrected chi connectivity index (χ3v) is 5.14. The van der Waals surface area contributed by atoms with Gasteiger partial charge in [-0.2, -0.15) is 0 Å². The van der Waals surface area contributed by atoms with E-state index in [9.17, 15) is 23.2 Å². The minimum absolute atomic E-state index is 0.0709. The monoisotopic (exact) mass is 509 g/mol. The molecule has 0 bridgehead atoms. The van der Waals surface area contributed by atoms with E-state index >= 15 is 0 Å². The number of carbonyl (C=O) groups excluding carboxylic acids is 3. The Morgan fingerprint density at radius 3 is 2.05 bits per heavy atom. The highest BCUT2D eigenvalue weighted by molar-refractivity contribution is 6.08. The molecule has 0 saturated carbocycles. The van der Waals surface area contributed by atoms with Gasteiger partial charge in [-0.3, -0.25) is 19.3 Å². The lowest BCUT2D eigenvalue weighted by Crippen LogP contribution is -2.39. The molecule has 0 aliphatic rings. The molecule has 3 rings (SSSR count). The molecule has 3 aromatic carbocycles. The van der Waals surface area contributed by atoms with Crippen molar-refractivity contribution < 1.29 is 32.6 Å². The summed E-state index contributed by atoms with van der Waals surface area (Å²) in [6.45, 7) is 6.19. The normalized spacial score (nSPS) is 11.1. The quantitative estimate of drug-likeness (QED) is 0.348. The van der Waals surface area contributed by atoms with E-state index in [0.717, 1.165) is 34.2 Å². The van der Waals surface area contributed by atoms with Gasteiger partial charge >= 0.3 is 5.97 Å². The minimum atomic E-state index is -1.04. The molecule has 194 valence electrons. The molecular formula is C29H29F2NO5. The van der Waals surface area contributed by atoms with Crippen LogP contribution in [0.15, 0.2) is 66.7 Å². The molecule has 0 aliphatic carbocycles. The minimum Gasteiger partial charge on any atom is -0.489 e. The molecule has 0 fully saturated rings. The Morgan fingerprint density at radius 2 is 1.46 bits per heavy atom. The second-order valence-corrected chi connectivity index (χ2v) is 9.56. The number of carbonyl (C=O) groups is 3. The van der Waals surface area contributed by atoms with Crippen LogP contribution in [0.2, 0.25) is 0 Å². The Labute approximate surface area is 214 Å². The van der Waals surface area contributed by atoms with Gasteiger partial charge in [-0.25, -0.2) is 8.78 Å². The molecule has 3 aromatic rings. The first-order chi connectivity index (χ1) is 17.4. The van der Waals surface area contributed by atoms with Crippen LogP contribution >= 0.6 is 0 Å². The topological polar surface area (TPSA) is 72.9 Å². The first-order valence-corrected chi connectivity index (χ1v) is 11.7. The number of hydrogen-bond acceptors (Lipinski definition) is 5. The highest BCUT2D eigenvalue weighted by Gasteiger charge is 2.28. The van der Waals surface area contributed by atoms with Gasteiger partial charge in [0, 0.05) is 18.2 Å². The Balaban J connectivity index is 1.85. The summed E-state index contributed by atoms with van der Waals surface area (Å²) in [5, 5.41) is 0. The van der Waals surface area contributed by atoms with Gasteiger partial charge in [0.15, 0.2) is 0 Å². The van der Waals surface area contributed by atoms with Crippen molar-refractivity contribution in [2.75, 3.05) is 11.4 Å². The Kier molecular flexibility index (Phi) is 8.76. The number of halogens is 2. The van der Waals surface area contributed by atoms with Crippen molar-refractivity contribution in [3.8, 4) is 5.75 Å². The molecule has 0 spiro atoms. The summed E-state index contributed by atoms with van der Waals surface area (Å²) in [5.41, 5.74) is 0.360. The van der Waals surface area contributed by atoms with Crippen molar-refractivity contribution in [1.82, 2.24) is 0 Å². The Bertz CT molecular complexity index is 1260. The molecule has 0 N–H and O–H groups in total. The number of esters is 1. The number of Topliss-reactive ketones (excluding diaryl/α,β-unsaturated/α-hetero) is 1. The fourth-order valence-electron chi connectivity index (χ4n) is 3.57. The van der Waals surface area contributed by atoms with Gasteiger partial charge < -0.3 is 9.47 Å². The first kappa shape index (κ1) is 27.5. The smallest absolute Gasteiger partial charge is 0.326 e. The Hall–Kier alpha value is -4.07. The number of nitrogens with zero attached hydrogens (tertiary/aromatic N) is 1. The predicted octanol–water partition coefficient (Wildman–Crippen LogP) is 5.66. The van der Waals surface area contributed by atoms with E-state index < -0.39 is 41.2 Å². The number of rotatable bonds is 9. The molecule has 8 heteroatoms. The molecule has 0 heterocycles. The van der Waals surface area contributed by atoms with Gasteiger partial charge in [0.05, 0.1) is 0 Å². The molecule has 0 aliphatic heterocycles. The summed E-state index contributed by atoms with van der Waals surface area (Å²) in [4.78, 5) is 38.1. The van der Waals surface area contributed by atoms with Crippen LogP contribution in [-0.2, 0) is 27.4 Å². The zero-order valence-corrected chi connectivity index (χ0v) is 21.2. The maximum Gasteiger partial charge on any atom is 0.326 e. The molecule has 6 nitrogen and oxygen atoms in total. The first-order valence-electron chi connectivity index (χ1n) is 11.7. The summed E-state index contributed by atoms with van der Waals surface area (Å²) in [6.07, 6.45) is 0.354. The van der Waals surface area contributed by atoms with Crippen LogP contribution in [0.4, 0.5) is 14.5 Å². The fraction of sp³-hybridized carbons (Fsp3) is 0.276. The number of benzene rings is 3. The van der Waals surface area contributed by atoms with Gasteiger partial charge in [0.2, 0.25) is 0 Å². The molecule has 1 amide bonds. The molecule has 0 radical (unpaired) electrons. The van der Waals surface area contributed by atoms with Crippen LogP contribution in [0.25, 0.3) is 0 Å². The summed E-state index contributed by atoms with van der Waals surface area (Å²) >= 11 is 0. The van der Waals surface area contributed by atoms with Gasteiger partial charge in [0.25, 0.3) is 5.91 Å². The fourth-order valence-corrected chi connectivity index (χ4v) is 3.57. The van der Waals surface area contributed by atoms with Crippen LogP contribution in [-0.4, -0.2) is 29.8 Å². The van der Waals surface area contributed by atoms with E-state index in [1.54, 1.807) is 32.9 Å². The lowest BCUT2D eigenvalue weighted by atomic mass is 10.1. The highest BCUT2D eigenvalue weighted by atomic mass is 19.1. The van der Waals surface area contributed by atoms with Crippen LogP contribution < -0.4 is 9.64 Å². The zero-order chi connectivity index (χ0) is 27.2. The summed E-state index contributed by atoms with van der Waals surface area (Å²) in [6, 6.07) is 16.8. The van der Waals surface area contributed by atoms with E-state index in [1.165, 1.54) is 19.1 Å². The molecule has 0 unspecified atom stereocenters. The van der Waals surface area contributed by atoms with E-state index in [2.05, 4.69) is 0 Å². The number of anilines is 1. The van der Waals surface area contributed by atoms with Crippen molar-refractivity contribution in [3.05, 3.63) is 95.1 Å². The van der Waals surface area contributed by atoms with Crippen molar-refractivity contribution >= 4 is 23.3 Å². The molecule has 0 atom stereocenters. The van der Waals surface area contributed by atoms with Gasteiger partial charge in [0.1, 0.15) is 47.5 Å². The standard InChI is InChI=1S/C29H29F2NO5/c1-19(33)15-20-11-13-21(14-12-20)18-36-23-8-5-7-22(16-23)32(17-26(34)37-29(2,3)4)28(35)27-24(30)9-6-10-25(27)31/h5-14,16H,15,17-18H2,1-4H3. The SMILES string of the molecule is CC(=O)Cc1ccc(COc2cccc(N(CC(=O)OC(C)(C)C)C(=O)c3c(F)cccc3F)c2)cc1. The van der Waals surface area contributed by atoms with Crippen molar-refractivity contribution in [2.24, 2.45) is 0 Å². The third-order valence-electron chi connectivity index (χ3n) is 5.14. The van der Waals surface area contributed by atoms with E-state index in [1.807, 2.05) is 24.3 Å². The van der Waals surface area contributed by atoms with E-state index in [4.69, 9.17) is 9.47 Å². The van der Waals surface area contributed by atoms with Gasteiger partial charge in [-0.1, -0.05) is 36.4 Å². The molecule has 0 saturated heterocycles. The average molecular weight is 510 g/mol. The molecule has 0 aromatic heterocycles. The predicted molar refractivity (Wildman–Crippen MR) is 135 cm³/mol. The van der Waals surface area contributed by atoms with Crippen LogP contribution in [0.5, 0.6) is 5.75 Å². The van der Waals surface area contributed by atoms with E-state index in [0.29, 0.717) is 12.2 Å². The number of ketones is 1. The number of amides is 1. The molecular weight excluding hydrogens is 480 g/mol. The largest absolute Gasteiger partial charge is 0.489 e. The maximum atomic E-state index is 14.4. The van der Waals surface area contributed by atoms with Crippen molar-refractivity contribution in [2.45, 2.75) is 46.3 Å². The average Bonchev–Trinajstić information content (AvgIpc) is 2.80.